The van der Waals surface area contributed by atoms with E-state index in [1.807, 2.05) is 0 Å². The molecule has 172 valence electrons. The van der Waals surface area contributed by atoms with E-state index in [-0.39, 0.29) is 13.2 Å². The number of nitrogens with one attached hydrogen (secondary N) is 2. The highest BCUT2D eigenvalue weighted by molar-refractivity contribution is 5.89. The zero-order valence-electron chi connectivity index (χ0n) is 18.6. The van der Waals surface area contributed by atoms with Crippen molar-refractivity contribution in [2.45, 2.75) is 24.8 Å². The third-order valence-corrected chi connectivity index (χ3v) is 6.79. The Morgan fingerprint density at radius 1 is 1.21 bits per heavy atom. The predicted molar refractivity (Wildman–Crippen MR) is 123 cm³/mol. The molecule has 8 nitrogen and oxygen atoms in total. The number of amides is 1. The largest absolute Gasteiger partial charge is 0.458 e. The van der Waals surface area contributed by atoms with Crippen molar-refractivity contribution >= 4 is 23.0 Å². The number of ether oxygens (including phenoxy) is 2. The van der Waals surface area contributed by atoms with Crippen LogP contribution in [-0.2, 0) is 15.9 Å². The molecule has 2 aliphatic rings. The van der Waals surface area contributed by atoms with Crippen LogP contribution in [0.2, 0.25) is 0 Å². The number of aromatic amines is 1. The van der Waals surface area contributed by atoms with Crippen LogP contribution >= 0.6 is 0 Å². The number of carbonyl (C=O) groups excluding carboxylic acids is 2. The number of nitrogens with zero attached hydrogens (tertiary/aromatic N) is 2. The topological polar surface area (TPSA) is 96.6 Å². The lowest BCUT2D eigenvalue weighted by molar-refractivity contribution is 0.0397. The number of esters is 1. The van der Waals surface area contributed by atoms with Gasteiger partial charge in [0.25, 0.3) is 0 Å². The van der Waals surface area contributed by atoms with Crippen molar-refractivity contribution in [2.75, 3.05) is 33.4 Å². The Morgan fingerprint density at radius 3 is 2.94 bits per heavy atom. The van der Waals surface area contributed by atoms with E-state index in [0.717, 1.165) is 19.4 Å². The summed E-state index contributed by atoms with van der Waals surface area (Å²) in [6.07, 6.45) is 6.76. The summed E-state index contributed by atoms with van der Waals surface area (Å²) in [4.78, 5) is 33.7. The van der Waals surface area contributed by atoms with E-state index in [1.54, 1.807) is 18.3 Å². The highest BCUT2D eigenvalue weighted by Crippen LogP contribution is 2.44. The molecule has 1 aliphatic carbocycles. The summed E-state index contributed by atoms with van der Waals surface area (Å²) in [6.45, 7) is 1.49. The van der Waals surface area contributed by atoms with Gasteiger partial charge in [-0.1, -0.05) is 12.1 Å². The molecule has 2 N–H and O–H groups in total. The molecule has 3 aromatic rings. The summed E-state index contributed by atoms with van der Waals surface area (Å²) in [5.41, 5.74) is 4.39. The highest BCUT2D eigenvalue weighted by Gasteiger charge is 2.39. The number of likely N-dealkylation sites (N-methyl/N-ethyl adjacent to an activating group) is 1. The van der Waals surface area contributed by atoms with Crippen molar-refractivity contribution in [2.24, 2.45) is 5.92 Å². The van der Waals surface area contributed by atoms with E-state index in [4.69, 9.17) is 9.47 Å². The van der Waals surface area contributed by atoms with Crippen LogP contribution in [0.1, 0.15) is 33.8 Å². The maximum absolute atomic E-state index is 12.1. The van der Waals surface area contributed by atoms with Crippen LogP contribution in [0.4, 0.5) is 4.79 Å². The van der Waals surface area contributed by atoms with E-state index >= 15 is 0 Å². The summed E-state index contributed by atoms with van der Waals surface area (Å²) in [5, 5.41) is 4.26. The van der Waals surface area contributed by atoms with Crippen molar-refractivity contribution in [3.8, 4) is 0 Å². The SMILES string of the molecule is CN1C[C@H](CNC(=O)OCCOC(=O)c2cccnc2)CC2c3cccc4[nH]cc(c34)C[C@H]21. The van der Waals surface area contributed by atoms with Crippen LogP contribution in [0, 0.1) is 5.92 Å². The lowest BCUT2D eigenvalue weighted by atomic mass is 9.72. The molecule has 0 saturated carbocycles. The zero-order chi connectivity index (χ0) is 22.8. The Balaban J connectivity index is 1.10. The molecule has 33 heavy (non-hydrogen) atoms. The highest BCUT2D eigenvalue weighted by atomic mass is 16.6. The van der Waals surface area contributed by atoms with Gasteiger partial charge in [-0.15, -0.1) is 0 Å². The molecule has 0 bridgehead atoms. The number of hydrogen-bond donors (Lipinski definition) is 2. The van der Waals surface area contributed by atoms with Crippen LogP contribution < -0.4 is 5.32 Å². The molecule has 1 amide bonds. The van der Waals surface area contributed by atoms with Gasteiger partial charge in [0.2, 0.25) is 0 Å². The minimum absolute atomic E-state index is 0.0000714. The first-order chi connectivity index (χ1) is 16.1. The van der Waals surface area contributed by atoms with Gasteiger partial charge in [0.1, 0.15) is 13.2 Å². The molecule has 1 aromatic carbocycles. The van der Waals surface area contributed by atoms with Gasteiger partial charge >= 0.3 is 12.1 Å². The number of aromatic nitrogens is 2. The van der Waals surface area contributed by atoms with E-state index in [0.29, 0.717) is 30.0 Å². The molecule has 1 fully saturated rings. The number of rotatable bonds is 6. The van der Waals surface area contributed by atoms with Crippen LogP contribution in [0.25, 0.3) is 10.9 Å². The summed E-state index contributed by atoms with van der Waals surface area (Å²) in [6, 6.07) is 10.3. The molecule has 1 saturated heterocycles. The smallest absolute Gasteiger partial charge is 0.407 e. The number of carbonyl (C=O) groups is 2. The Hall–Kier alpha value is -3.39. The molecule has 8 heteroatoms. The molecule has 1 unspecified atom stereocenters. The number of hydrogen-bond acceptors (Lipinski definition) is 6. The van der Waals surface area contributed by atoms with Crippen LogP contribution in [0.15, 0.2) is 48.9 Å². The van der Waals surface area contributed by atoms with E-state index in [9.17, 15) is 9.59 Å². The van der Waals surface area contributed by atoms with Crippen molar-refractivity contribution in [1.29, 1.82) is 0 Å². The van der Waals surface area contributed by atoms with E-state index in [2.05, 4.69) is 51.6 Å². The summed E-state index contributed by atoms with van der Waals surface area (Å²) in [5.74, 6) is 0.299. The first-order valence-corrected chi connectivity index (χ1v) is 11.4. The van der Waals surface area contributed by atoms with Gasteiger partial charge in [-0.25, -0.2) is 9.59 Å². The summed E-state index contributed by atoms with van der Waals surface area (Å²) < 4.78 is 10.3. The Labute approximate surface area is 192 Å². The van der Waals surface area contributed by atoms with Crippen molar-refractivity contribution in [1.82, 2.24) is 20.2 Å². The number of fused-ring (bicyclic) bond motifs is 2. The van der Waals surface area contributed by atoms with Gasteiger partial charge in [-0.2, -0.15) is 0 Å². The van der Waals surface area contributed by atoms with Gasteiger partial charge in [0, 0.05) is 54.5 Å². The second-order valence-corrected chi connectivity index (χ2v) is 8.90. The van der Waals surface area contributed by atoms with Crippen LogP contribution in [0.5, 0.6) is 0 Å². The molecule has 0 radical (unpaired) electrons. The maximum Gasteiger partial charge on any atom is 0.407 e. The average molecular weight is 449 g/mol. The fourth-order valence-corrected chi connectivity index (χ4v) is 5.32. The number of benzene rings is 1. The summed E-state index contributed by atoms with van der Waals surface area (Å²) in [7, 11) is 2.18. The molecular weight excluding hydrogens is 420 g/mol. The minimum Gasteiger partial charge on any atom is -0.458 e. The van der Waals surface area contributed by atoms with Crippen LogP contribution in [-0.4, -0.2) is 66.3 Å². The number of likely N-dealkylation sites (tertiary alicyclic amines) is 1. The van der Waals surface area contributed by atoms with Gasteiger partial charge in [0.15, 0.2) is 0 Å². The van der Waals surface area contributed by atoms with Crippen molar-refractivity contribution in [3.63, 3.8) is 0 Å². The van der Waals surface area contributed by atoms with Gasteiger partial charge in [-0.05, 0) is 55.1 Å². The molecule has 1 aliphatic heterocycles. The maximum atomic E-state index is 12.1. The fourth-order valence-electron chi connectivity index (χ4n) is 5.32. The standard InChI is InChI=1S/C25H28N4O4/c1-29-15-16(10-20-19-5-2-6-21-23(19)18(14-27-21)11-22(20)29)12-28-25(31)33-9-8-32-24(30)17-4-3-7-26-13-17/h2-7,13-14,16,20,22,27H,8-12,15H2,1H3,(H,28,31)/t16-,20?,22+/m0/s1. The Bertz CT molecular complexity index is 1150. The van der Waals surface area contributed by atoms with E-state index in [1.165, 1.54) is 28.2 Å². The molecular formula is C25H28N4O4. The summed E-state index contributed by atoms with van der Waals surface area (Å²) >= 11 is 0. The third kappa shape index (κ3) is 4.43. The monoisotopic (exact) mass is 448 g/mol. The minimum atomic E-state index is -0.490. The second kappa shape index (κ2) is 9.23. The number of H-pyrrole nitrogens is 1. The van der Waals surface area contributed by atoms with E-state index < -0.39 is 12.1 Å². The van der Waals surface area contributed by atoms with Crippen LogP contribution in [0.3, 0.4) is 0 Å². The Morgan fingerprint density at radius 2 is 2.09 bits per heavy atom. The predicted octanol–water partition coefficient (Wildman–Crippen LogP) is 3.11. The van der Waals surface area contributed by atoms with Crippen molar-refractivity contribution < 1.29 is 19.1 Å². The number of piperidine rings is 1. The van der Waals surface area contributed by atoms with Gasteiger partial charge < -0.3 is 24.7 Å². The first kappa shape index (κ1) is 21.5. The molecule has 2 aromatic heterocycles. The average Bonchev–Trinajstić information content (AvgIpc) is 3.26. The molecule has 5 rings (SSSR count). The fraction of sp³-hybridized carbons (Fsp3) is 0.400. The normalized spacial score (nSPS) is 21.9. The zero-order valence-corrected chi connectivity index (χ0v) is 18.6. The van der Waals surface area contributed by atoms with Crippen molar-refractivity contribution in [3.05, 3.63) is 65.6 Å². The molecule has 0 spiro atoms. The number of alkyl carbamates (subject to hydrolysis) is 1. The molecule has 3 atom stereocenters. The second-order valence-electron chi connectivity index (χ2n) is 8.90. The third-order valence-electron chi connectivity index (χ3n) is 6.79. The Kier molecular flexibility index (Phi) is 6.00. The number of pyridine rings is 1. The molecule has 3 heterocycles. The lowest BCUT2D eigenvalue weighted by Gasteiger charge is -2.45. The van der Waals surface area contributed by atoms with Gasteiger partial charge in [-0.3, -0.25) is 4.98 Å². The lowest BCUT2D eigenvalue weighted by Crippen LogP contribution is -2.50. The quantitative estimate of drug-likeness (QED) is 0.444. The van der Waals surface area contributed by atoms with Gasteiger partial charge in [0.05, 0.1) is 5.56 Å². The first-order valence-electron chi connectivity index (χ1n) is 11.4.